The van der Waals surface area contributed by atoms with Gasteiger partial charge in [-0.25, -0.2) is 19.4 Å². The van der Waals surface area contributed by atoms with E-state index in [1.54, 1.807) is 18.0 Å². The van der Waals surface area contributed by atoms with Gasteiger partial charge >= 0.3 is 5.97 Å². The Morgan fingerprint density at radius 1 is 1.33 bits per heavy atom. The second-order valence-electron chi connectivity index (χ2n) is 4.51. The van der Waals surface area contributed by atoms with Crippen molar-refractivity contribution in [3.63, 3.8) is 0 Å². The SMILES string of the molecule is CN(Cc1ccc2nonc2c1)c1ncncc1C(=O)O. The van der Waals surface area contributed by atoms with Crippen molar-refractivity contribution >= 4 is 22.8 Å². The van der Waals surface area contributed by atoms with Gasteiger partial charge in [-0.2, -0.15) is 0 Å². The summed E-state index contributed by atoms with van der Waals surface area (Å²) in [6.45, 7) is 0.472. The smallest absolute Gasteiger partial charge is 0.341 e. The van der Waals surface area contributed by atoms with Crippen LogP contribution < -0.4 is 4.90 Å². The van der Waals surface area contributed by atoms with E-state index in [4.69, 9.17) is 5.11 Å². The summed E-state index contributed by atoms with van der Waals surface area (Å²) in [5.74, 6) is -0.704. The molecular formula is C13H11N5O3. The lowest BCUT2D eigenvalue weighted by atomic mass is 10.2. The molecule has 0 atom stereocenters. The van der Waals surface area contributed by atoms with Gasteiger partial charge in [0.05, 0.1) is 0 Å². The average Bonchev–Trinajstić information content (AvgIpc) is 2.94. The average molecular weight is 285 g/mol. The van der Waals surface area contributed by atoms with E-state index >= 15 is 0 Å². The third-order valence-corrected chi connectivity index (χ3v) is 3.02. The van der Waals surface area contributed by atoms with Crippen LogP contribution in [0.3, 0.4) is 0 Å². The van der Waals surface area contributed by atoms with Gasteiger partial charge in [0, 0.05) is 19.8 Å². The van der Waals surface area contributed by atoms with Crippen molar-refractivity contribution in [1.82, 2.24) is 20.3 Å². The van der Waals surface area contributed by atoms with Crippen LogP contribution in [0.25, 0.3) is 11.0 Å². The van der Waals surface area contributed by atoms with Crippen molar-refractivity contribution in [2.24, 2.45) is 0 Å². The van der Waals surface area contributed by atoms with Crippen LogP contribution in [0, 0.1) is 0 Å². The second kappa shape index (κ2) is 5.16. The number of carboxylic acid groups (broad SMARTS) is 1. The van der Waals surface area contributed by atoms with Crippen LogP contribution in [0.2, 0.25) is 0 Å². The van der Waals surface area contributed by atoms with Crippen LogP contribution in [0.15, 0.2) is 35.4 Å². The first-order valence-electron chi connectivity index (χ1n) is 6.11. The molecule has 21 heavy (non-hydrogen) atoms. The molecule has 0 aliphatic heterocycles. The molecule has 0 spiro atoms. The molecule has 0 fully saturated rings. The molecule has 8 heteroatoms. The number of hydrogen-bond acceptors (Lipinski definition) is 7. The highest BCUT2D eigenvalue weighted by Gasteiger charge is 2.15. The number of aromatic nitrogens is 4. The highest BCUT2D eigenvalue weighted by Crippen LogP contribution is 2.19. The Morgan fingerprint density at radius 3 is 2.95 bits per heavy atom. The Balaban J connectivity index is 1.89. The van der Waals surface area contributed by atoms with E-state index in [1.165, 1.54) is 12.5 Å². The molecule has 0 aliphatic carbocycles. The molecule has 3 aromatic rings. The van der Waals surface area contributed by atoms with E-state index in [9.17, 15) is 4.79 Å². The third kappa shape index (κ3) is 2.50. The maximum Gasteiger partial charge on any atom is 0.341 e. The minimum absolute atomic E-state index is 0.0594. The van der Waals surface area contributed by atoms with Crippen LogP contribution in [-0.4, -0.2) is 38.4 Å². The molecule has 0 saturated carbocycles. The van der Waals surface area contributed by atoms with Gasteiger partial charge in [0.15, 0.2) is 0 Å². The second-order valence-corrected chi connectivity index (χ2v) is 4.51. The van der Waals surface area contributed by atoms with Gasteiger partial charge in [-0.1, -0.05) is 6.07 Å². The highest BCUT2D eigenvalue weighted by molar-refractivity contribution is 5.92. The van der Waals surface area contributed by atoms with E-state index in [0.717, 1.165) is 5.56 Å². The fraction of sp³-hybridized carbons (Fsp3) is 0.154. The van der Waals surface area contributed by atoms with Gasteiger partial charge in [0.25, 0.3) is 0 Å². The van der Waals surface area contributed by atoms with Crippen LogP contribution in [0.1, 0.15) is 15.9 Å². The Labute approximate surface area is 119 Å². The molecule has 1 aromatic carbocycles. The van der Waals surface area contributed by atoms with Crippen molar-refractivity contribution in [2.75, 3.05) is 11.9 Å². The van der Waals surface area contributed by atoms with E-state index in [1.807, 2.05) is 12.1 Å². The lowest BCUT2D eigenvalue weighted by Gasteiger charge is -2.19. The molecule has 2 heterocycles. The van der Waals surface area contributed by atoms with Gasteiger partial charge < -0.3 is 10.0 Å². The van der Waals surface area contributed by atoms with Crippen molar-refractivity contribution in [3.05, 3.63) is 41.9 Å². The van der Waals surface area contributed by atoms with Gasteiger partial charge in [0.2, 0.25) is 0 Å². The molecular weight excluding hydrogens is 274 g/mol. The molecule has 3 rings (SSSR count). The molecule has 0 aliphatic rings. The number of fused-ring (bicyclic) bond motifs is 1. The van der Waals surface area contributed by atoms with Crippen LogP contribution in [0.5, 0.6) is 0 Å². The number of carboxylic acids is 1. The van der Waals surface area contributed by atoms with Crippen molar-refractivity contribution < 1.29 is 14.5 Å². The molecule has 0 saturated heterocycles. The number of anilines is 1. The highest BCUT2D eigenvalue weighted by atomic mass is 16.6. The van der Waals surface area contributed by atoms with Crippen LogP contribution in [-0.2, 0) is 6.54 Å². The fourth-order valence-corrected chi connectivity index (χ4v) is 2.05. The summed E-state index contributed by atoms with van der Waals surface area (Å²) in [5, 5.41) is 16.7. The quantitative estimate of drug-likeness (QED) is 0.765. The van der Waals surface area contributed by atoms with Crippen molar-refractivity contribution in [3.8, 4) is 0 Å². The molecule has 0 radical (unpaired) electrons. The standard InChI is InChI=1S/C13H11N5O3/c1-18(12-9(13(19)20)5-14-7-15-12)6-8-2-3-10-11(4-8)17-21-16-10/h2-5,7H,6H2,1H3,(H,19,20). The lowest BCUT2D eigenvalue weighted by molar-refractivity contribution is 0.0696. The fourth-order valence-electron chi connectivity index (χ4n) is 2.05. The molecule has 106 valence electrons. The summed E-state index contributed by atoms with van der Waals surface area (Å²) in [6.07, 6.45) is 2.61. The maximum atomic E-state index is 11.2. The van der Waals surface area contributed by atoms with Gasteiger partial charge in [0.1, 0.15) is 28.7 Å². The molecule has 0 amide bonds. The molecule has 8 nitrogen and oxygen atoms in total. The van der Waals surface area contributed by atoms with Gasteiger partial charge in [-0.15, -0.1) is 0 Å². The molecule has 0 unspecified atom stereocenters. The zero-order valence-corrected chi connectivity index (χ0v) is 11.1. The van der Waals surface area contributed by atoms with Crippen molar-refractivity contribution in [1.29, 1.82) is 0 Å². The minimum Gasteiger partial charge on any atom is -0.477 e. The van der Waals surface area contributed by atoms with E-state index in [2.05, 4.69) is 24.9 Å². The number of benzene rings is 1. The summed E-state index contributed by atoms with van der Waals surface area (Å²) < 4.78 is 4.65. The summed E-state index contributed by atoms with van der Waals surface area (Å²) >= 11 is 0. The zero-order chi connectivity index (χ0) is 14.8. The Kier molecular flexibility index (Phi) is 3.19. The van der Waals surface area contributed by atoms with E-state index in [0.29, 0.717) is 23.4 Å². The molecule has 1 N–H and O–H groups in total. The summed E-state index contributed by atoms with van der Waals surface area (Å²) in [5.41, 5.74) is 2.33. The first-order chi connectivity index (χ1) is 10.1. The van der Waals surface area contributed by atoms with Crippen LogP contribution >= 0.6 is 0 Å². The minimum atomic E-state index is -1.06. The Hall–Kier alpha value is -3.03. The van der Waals surface area contributed by atoms with E-state index in [-0.39, 0.29) is 5.56 Å². The number of hydrogen-bond donors (Lipinski definition) is 1. The topological polar surface area (TPSA) is 105 Å². The summed E-state index contributed by atoms with van der Waals surface area (Å²) in [7, 11) is 1.76. The monoisotopic (exact) mass is 285 g/mol. The first-order valence-corrected chi connectivity index (χ1v) is 6.11. The summed E-state index contributed by atoms with van der Waals surface area (Å²) in [4.78, 5) is 20.7. The van der Waals surface area contributed by atoms with Crippen molar-refractivity contribution in [2.45, 2.75) is 6.54 Å². The predicted octanol–water partition coefficient (Wildman–Crippen LogP) is 1.35. The van der Waals surface area contributed by atoms with Gasteiger partial charge in [-0.3, -0.25) is 0 Å². The van der Waals surface area contributed by atoms with E-state index < -0.39 is 5.97 Å². The van der Waals surface area contributed by atoms with Gasteiger partial charge in [-0.05, 0) is 28.0 Å². The number of rotatable bonds is 4. The van der Waals surface area contributed by atoms with Crippen LogP contribution in [0.4, 0.5) is 5.82 Å². The number of carbonyl (C=O) groups is 1. The molecule has 0 bridgehead atoms. The first kappa shape index (κ1) is 13.0. The largest absolute Gasteiger partial charge is 0.477 e. The normalized spacial score (nSPS) is 10.7. The number of aromatic carboxylic acids is 1. The molecule has 2 aromatic heterocycles. The Morgan fingerprint density at radius 2 is 2.14 bits per heavy atom. The third-order valence-electron chi connectivity index (χ3n) is 3.02. The predicted molar refractivity (Wildman–Crippen MR) is 72.9 cm³/mol. The summed E-state index contributed by atoms with van der Waals surface area (Å²) in [6, 6.07) is 5.52. The number of nitrogens with zero attached hydrogens (tertiary/aromatic N) is 5. The maximum absolute atomic E-state index is 11.2. The lowest BCUT2D eigenvalue weighted by Crippen LogP contribution is -2.21. The Bertz CT molecular complexity index is 801. The zero-order valence-electron chi connectivity index (χ0n) is 11.1.